The van der Waals surface area contributed by atoms with Crippen molar-refractivity contribution in [2.24, 2.45) is 0 Å². The standard InChI is InChI=1S/C25H20FN3O3/c26-20-9-5-4-8-18(20)16-10-11-21-19(12-16)25(32)29-14-17(13-22(29)24(31)28-21)27-23(30)15-6-2-1-3-7-15/h1-12,17,22H,13-14H2,(H,27,30)(H,28,31)/t17-,22-/m0/s1. The molecule has 32 heavy (non-hydrogen) atoms. The maximum Gasteiger partial charge on any atom is 0.256 e. The van der Waals surface area contributed by atoms with Crippen LogP contribution in [0.25, 0.3) is 11.1 Å². The molecule has 0 saturated carbocycles. The average molecular weight is 429 g/mol. The lowest BCUT2D eigenvalue weighted by Crippen LogP contribution is -2.41. The van der Waals surface area contributed by atoms with Crippen LogP contribution < -0.4 is 10.6 Å². The van der Waals surface area contributed by atoms with Gasteiger partial charge in [-0.1, -0.05) is 42.5 Å². The molecule has 3 aromatic carbocycles. The first kappa shape index (κ1) is 19.9. The van der Waals surface area contributed by atoms with E-state index in [1.807, 2.05) is 6.07 Å². The highest BCUT2D eigenvalue weighted by Gasteiger charge is 2.43. The Labute approximate surface area is 184 Å². The van der Waals surface area contributed by atoms with Crippen LogP contribution in [-0.2, 0) is 4.79 Å². The van der Waals surface area contributed by atoms with Crippen LogP contribution in [0.15, 0.2) is 72.8 Å². The normalized spacial score (nSPS) is 19.6. The minimum atomic E-state index is -0.687. The summed E-state index contributed by atoms with van der Waals surface area (Å²) < 4.78 is 14.3. The van der Waals surface area contributed by atoms with E-state index in [2.05, 4.69) is 10.6 Å². The molecule has 3 aromatic rings. The number of nitrogens with zero attached hydrogens (tertiary/aromatic N) is 1. The van der Waals surface area contributed by atoms with E-state index in [9.17, 15) is 18.8 Å². The van der Waals surface area contributed by atoms with Crippen molar-refractivity contribution in [2.75, 3.05) is 11.9 Å². The van der Waals surface area contributed by atoms with E-state index in [0.717, 1.165) is 0 Å². The summed E-state index contributed by atoms with van der Waals surface area (Å²) in [5.74, 6) is -1.26. The average Bonchev–Trinajstić information content (AvgIpc) is 3.20. The van der Waals surface area contributed by atoms with E-state index in [-0.39, 0.29) is 36.1 Å². The summed E-state index contributed by atoms with van der Waals surface area (Å²) in [6.07, 6.45) is 0.324. The fourth-order valence-corrected chi connectivity index (χ4v) is 4.34. The molecule has 2 aliphatic rings. The van der Waals surface area contributed by atoms with E-state index in [0.29, 0.717) is 34.4 Å². The van der Waals surface area contributed by atoms with Crippen molar-refractivity contribution in [3.63, 3.8) is 0 Å². The zero-order chi connectivity index (χ0) is 22.2. The highest BCUT2D eigenvalue weighted by Crippen LogP contribution is 2.33. The number of carbonyl (C=O) groups excluding carboxylic acids is 3. The van der Waals surface area contributed by atoms with Crippen LogP contribution in [-0.4, -0.2) is 41.2 Å². The van der Waals surface area contributed by atoms with Gasteiger partial charge in [0.1, 0.15) is 11.9 Å². The van der Waals surface area contributed by atoms with E-state index in [1.54, 1.807) is 60.7 Å². The lowest BCUT2D eigenvalue weighted by atomic mass is 10.0. The summed E-state index contributed by atoms with van der Waals surface area (Å²) >= 11 is 0. The fourth-order valence-electron chi connectivity index (χ4n) is 4.34. The predicted octanol–water partition coefficient (Wildman–Crippen LogP) is 3.46. The number of nitrogens with one attached hydrogen (secondary N) is 2. The summed E-state index contributed by atoms with van der Waals surface area (Å²) in [5, 5.41) is 5.73. The third kappa shape index (κ3) is 3.51. The number of halogens is 1. The summed E-state index contributed by atoms with van der Waals surface area (Å²) in [6, 6.07) is 19.0. The zero-order valence-corrected chi connectivity index (χ0v) is 17.0. The Morgan fingerprint density at radius 3 is 2.50 bits per heavy atom. The van der Waals surface area contributed by atoms with Gasteiger partial charge in [0.25, 0.3) is 11.8 Å². The van der Waals surface area contributed by atoms with E-state index in [4.69, 9.17) is 0 Å². The maximum absolute atomic E-state index is 14.3. The maximum atomic E-state index is 14.3. The molecule has 2 atom stereocenters. The SMILES string of the molecule is O=C(N[C@H]1C[C@H]2C(=O)Nc3ccc(-c4ccccc4F)cc3C(=O)N2C1)c1ccccc1. The Hall–Kier alpha value is -4.00. The lowest BCUT2D eigenvalue weighted by molar-refractivity contribution is -0.119. The number of carbonyl (C=O) groups is 3. The fraction of sp³-hybridized carbons (Fsp3) is 0.160. The van der Waals surface area contributed by atoms with Gasteiger partial charge < -0.3 is 15.5 Å². The van der Waals surface area contributed by atoms with Crippen LogP contribution in [0.1, 0.15) is 27.1 Å². The van der Waals surface area contributed by atoms with E-state index in [1.165, 1.54) is 11.0 Å². The number of amides is 3. The Morgan fingerprint density at radius 1 is 0.969 bits per heavy atom. The minimum absolute atomic E-state index is 0.221. The summed E-state index contributed by atoms with van der Waals surface area (Å²) in [4.78, 5) is 40.2. The monoisotopic (exact) mass is 429 g/mol. The number of anilines is 1. The molecule has 2 aliphatic heterocycles. The van der Waals surface area contributed by atoms with Gasteiger partial charge in [0, 0.05) is 23.7 Å². The van der Waals surface area contributed by atoms with Crippen LogP contribution in [0.4, 0.5) is 10.1 Å². The third-order valence-electron chi connectivity index (χ3n) is 5.93. The van der Waals surface area contributed by atoms with Crippen molar-refractivity contribution in [3.8, 4) is 11.1 Å². The topological polar surface area (TPSA) is 78.5 Å². The Balaban J connectivity index is 1.42. The number of hydrogen-bond acceptors (Lipinski definition) is 3. The summed E-state index contributed by atoms with van der Waals surface area (Å²) in [7, 11) is 0. The van der Waals surface area contributed by atoms with Gasteiger partial charge in [0.2, 0.25) is 5.91 Å². The molecule has 6 nitrogen and oxygen atoms in total. The first-order valence-corrected chi connectivity index (χ1v) is 10.4. The molecule has 160 valence electrons. The van der Waals surface area contributed by atoms with Crippen molar-refractivity contribution >= 4 is 23.4 Å². The molecule has 0 aliphatic carbocycles. The Morgan fingerprint density at radius 2 is 1.72 bits per heavy atom. The van der Waals surface area contributed by atoms with Gasteiger partial charge in [0.05, 0.1) is 11.3 Å². The van der Waals surface area contributed by atoms with Gasteiger partial charge >= 0.3 is 0 Å². The molecule has 1 fully saturated rings. The molecule has 0 spiro atoms. The highest BCUT2D eigenvalue weighted by molar-refractivity contribution is 6.11. The third-order valence-corrected chi connectivity index (χ3v) is 5.93. The molecule has 3 amide bonds. The Bertz CT molecular complexity index is 1230. The number of hydrogen-bond donors (Lipinski definition) is 2. The van der Waals surface area contributed by atoms with Gasteiger partial charge in [-0.25, -0.2) is 4.39 Å². The number of rotatable bonds is 3. The summed E-state index contributed by atoms with van der Waals surface area (Å²) in [5.41, 5.74) is 2.15. The molecular weight excluding hydrogens is 409 g/mol. The van der Waals surface area contributed by atoms with Crippen LogP contribution in [0.2, 0.25) is 0 Å². The predicted molar refractivity (Wildman–Crippen MR) is 118 cm³/mol. The quantitative estimate of drug-likeness (QED) is 0.669. The summed E-state index contributed by atoms with van der Waals surface area (Å²) in [6.45, 7) is 0.221. The number of benzene rings is 3. The van der Waals surface area contributed by atoms with Crippen molar-refractivity contribution in [1.82, 2.24) is 10.2 Å². The van der Waals surface area contributed by atoms with Gasteiger partial charge in [-0.15, -0.1) is 0 Å². The first-order valence-electron chi connectivity index (χ1n) is 10.4. The number of fused-ring (bicyclic) bond motifs is 2. The molecule has 2 N–H and O–H groups in total. The second-order valence-corrected chi connectivity index (χ2v) is 7.97. The smallest absolute Gasteiger partial charge is 0.256 e. The molecule has 2 heterocycles. The second kappa shape index (κ2) is 7.92. The minimum Gasteiger partial charge on any atom is -0.347 e. The van der Waals surface area contributed by atoms with Gasteiger partial charge in [0.15, 0.2) is 0 Å². The molecule has 7 heteroatoms. The largest absolute Gasteiger partial charge is 0.347 e. The Kier molecular flexibility index (Phi) is 4.93. The molecular formula is C25H20FN3O3. The van der Waals surface area contributed by atoms with Gasteiger partial charge in [-0.05, 0) is 42.3 Å². The van der Waals surface area contributed by atoms with E-state index >= 15 is 0 Å². The lowest BCUT2D eigenvalue weighted by Gasteiger charge is -2.20. The van der Waals surface area contributed by atoms with Crippen LogP contribution >= 0.6 is 0 Å². The molecule has 1 saturated heterocycles. The second-order valence-electron chi connectivity index (χ2n) is 7.97. The highest BCUT2D eigenvalue weighted by atomic mass is 19.1. The molecule has 0 aromatic heterocycles. The van der Waals surface area contributed by atoms with E-state index < -0.39 is 6.04 Å². The molecule has 0 unspecified atom stereocenters. The molecule has 0 radical (unpaired) electrons. The van der Waals surface area contributed by atoms with Crippen LogP contribution in [0.3, 0.4) is 0 Å². The van der Waals surface area contributed by atoms with Crippen molar-refractivity contribution in [1.29, 1.82) is 0 Å². The zero-order valence-electron chi connectivity index (χ0n) is 17.0. The van der Waals surface area contributed by atoms with Crippen molar-refractivity contribution < 1.29 is 18.8 Å². The molecule has 0 bridgehead atoms. The van der Waals surface area contributed by atoms with Crippen LogP contribution in [0.5, 0.6) is 0 Å². The van der Waals surface area contributed by atoms with Crippen molar-refractivity contribution in [2.45, 2.75) is 18.5 Å². The van der Waals surface area contributed by atoms with Gasteiger partial charge in [-0.3, -0.25) is 14.4 Å². The first-order chi connectivity index (χ1) is 15.5. The van der Waals surface area contributed by atoms with Crippen LogP contribution in [0, 0.1) is 5.82 Å². The molecule has 5 rings (SSSR count). The van der Waals surface area contributed by atoms with Gasteiger partial charge in [-0.2, -0.15) is 0 Å². The van der Waals surface area contributed by atoms with Crippen molar-refractivity contribution in [3.05, 3.63) is 89.7 Å².